The highest BCUT2D eigenvalue weighted by Crippen LogP contribution is 2.45. The fraction of sp³-hybridized carbons (Fsp3) is 0.947. The Bertz CT molecular complexity index is 1850. The van der Waals surface area contributed by atoms with Crippen molar-refractivity contribution in [2.24, 2.45) is 17.8 Å². The fourth-order valence-corrected chi connectivity index (χ4v) is 13.1. The summed E-state index contributed by atoms with van der Waals surface area (Å²) in [5.41, 5.74) is 0. The first kappa shape index (κ1) is 93.1. The predicted octanol–water partition coefficient (Wildman–Crippen LogP) is 22.2. The van der Waals surface area contributed by atoms with Gasteiger partial charge in [-0.3, -0.25) is 37.3 Å². The van der Waals surface area contributed by atoms with Crippen LogP contribution in [-0.2, 0) is 65.4 Å². The first-order valence-corrected chi connectivity index (χ1v) is 42.4. The summed E-state index contributed by atoms with van der Waals surface area (Å²) in [5, 5.41) is 10.6. The molecule has 0 bridgehead atoms. The predicted molar refractivity (Wildman–Crippen MR) is 386 cm³/mol. The number of carbonyl (C=O) groups is 4. The minimum atomic E-state index is -4.96. The summed E-state index contributed by atoms with van der Waals surface area (Å²) >= 11 is 0. The maximum absolute atomic E-state index is 13.1. The molecule has 3 unspecified atom stereocenters. The molecule has 0 aromatic carbocycles. The van der Waals surface area contributed by atoms with Crippen LogP contribution in [0.2, 0.25) is 0 Å². The lowest BCUT2D eigenvalue weighted by molar-refractivity contribution is -0.161. The monoisotopic (exact) mass is 1400 g/mol. The van der Waals surface area contributed by atoms with E-state index in [9.17, 15) is 43.2 Å². The molecule has 0 rings (SSSR count). The highest BCUT2D eigenvalue weighted by molar-refractivity contribution is 7.47. The third-order valence-corrected chi connectivity index (χ3v) is 19.9. The van der Waals surface area contributed by atoms with Gasteiger partial charge in [-0.25, -0.2) is 9.13 Å². The van der Waals surface area contributed by atoms with Gasteiger partial charge in [0.15, 0.2) is 12.2 Å². The van der Waals surface area contributed by atoms with Crippen LogP contribution in [0.5, 0.6) is 0 Å². The number of carbonyl (C=O) groups excluding carboxylic acids is 4. The van der Waals surface area contributed by atoms with Crippen molar-refractivity contribution in [3.63, 3.8) is 0 Å². The van der Waals surface area contributed by atoms with Gasteiger partial charge in [0, 0.05) is 25.7 Å². The number of esters is 4. The number of phosphoric ester groups is 2. The van der Waals surface area contributed by atoms with E-state index in [4.69, 9.17) is 37.0 Å². The van der Waals surface area contributed by atoms with Gasteiger partial charge in [-0.2, -0.15) is 0 Å². The topological polar surface area (TPSA) is 237 Å². The van der Waals surface area contributed by atoms with Gasteiger partial charge in [-0.1, -0.05) is 337 Å². The minimum Gasteiger partial charge on any atom is -0.462 e. The van der Waals surface area contributed by atoms with Crippen LogP contribution in [0, 0.1) is 17.8 Å². The molecule has 19 heteroatoms. The molecule has 0 saturated heterocycles. The summed E-state index contributed by atoms with van der Waals surface area (Å²) in [6.07, 6.45) is 53.1. The summed E-state index contributed by atoms with van der Waals surface area (Å²) in [4.78, 5) is 72.5. The average molecular weight is 1400 g/mol. The summed E-state index contributed by atoms with van der Waals surface area (Å²) in [7, 11) is -9.90. The Morgan fingerprint density at radius 2 is 0.537 bits per heavy atom. The summed E-state index contributed by atoms with van der Waals surface area (Å²) in [6.45, 7) is 11.9. The molecule has 0 amide bonds. The van der Waals surface area contributed by atoms with Crippen LogP contribution >= 0.6 is 15.6 Å². The van der Waals surface area contributed by atoms with E-state index < -0.39 is 97.5 Å². The van der Waals surface area contributed by atoms with Gasteiger partial charge >= 0.3 is 39.5 Å². The Balaban J connectivity index is 5.13. The Kier molecular flexibility index (Phi) is 65.2. The van der Waals surface area contributed by atoms with Crippen molar-refractivity contribution in [1.82, 2.24) is 0 Å². The van der Waals surface area contributed by atoms with Crippen LogP contribution in [-0.4, -0.2) is 96.7 Å². The van der Waals surface area contributed by atoms with E-state index in [1.54, 1.807) is 0 Å². The molecular weight excluding hydrogens is 1250 g/mol. The molecule has 17 nitrogen and oxygen atoms in total. The molecule has 0 aromatic heterocycles. The van der Waals surface area contributed by atoms with E-state index in [-0.39, 0.29) is 25.7 Å². The van der Waals surface area contributed by atoms with Crippen LogP contribution in [0.1, 0.15) is 389 Å². The Morgan fingerprint density at radius 3 is 0.800 bits per heavy atom. The molecule has 6 atom stereocenters. The first-order valence-electron chi connectivity index (χ1n) is 39.4. The lowest BCUT2D eigenvalue weighted by atomic mass is 9.99. The number of phosphoric acid groups is 2. The SMILES string of the molecule is CCCCCCCC(=O)OC[C@H](COP(=O)(O)OC[C@H](O)COP(=O)(O)OC[C@@H](COC(=O)CCCCCCCCCCCCCCC(C)C)OC(=O)CCCCCCCCCCCCCCCCCCCCC(C)C)OC(=O)CCCCCCCCCCCCC(C)CC. The van der Waals surface area contributed by atoms with Gasteiger partial charge in [0.25, 0.3) is 0 Å². The molecule has 0 heterocycles. The normalized spacial score (nSPS) is 14.4. The fourth-order valence-electron chi connectivity index (χ4n) is 11.6. The van der Waals surface area contributed by atoms with Crippen LogP contribution in [0.4, 0.5) is 0 Å². The Labute approximate surface area is 581 Å². The van der Waals surface area contributed by atoms with Crippen molar-refractivity contribution < 1.29 is 80.2 Å². The molecule has 564 valence electrons. The van der Waals surface area contributed by atoms with Gasteiger partial charge < -0.3 is 33.8 Å². The highest BCUT2D eigenvalue weighted by Gasteiger charge is 2.30. The number of ether oxygens (including phenoxy) is 4. The van der Waals surface area contributed by atoms with Crippen molar-refractivity contribution in [2.75, 3.05) is 39.6 Å². The van der Waals surface area contributed by atoms with E-state index in [2.05, 4.69) is 48.5 Å². The Hall–Kier alpha value is -1.94. The zero-order valence-corrected chi connectivity index (χ0v) is 63.9. The molecule has 95 heavy (non-hydrogen) atoms. The number of aliphatic hydroxyl groups is 1. The van der Waals surface area contributed by atoms with E-state index >= 15 is 0 Å². The zero-order valence-electron chi connectivity index (χ0n) is 62.1. The molecule has 0 aliphatic rings. The van der Waals surface area contributed by atoms with Crippen molar-refractivity contribution in [3.05, 3.63) is 0 Å². The number of hydrogen-bond donors (Lipinski definition) is 3. The average Bonchev–Trinajstić information content (AvgIpc) is 1.91. The summed E-state index contributed by atoms with van der Waals surface area (Å²) in [5.74, 6) is 0.276. The first-order chi connectivity index (χ1) is 45.8. The number of rotatable bonds is 74. The maximum atomic E-state index is 13.1. The number of unbranched alkanes of at least 4 members (excludes halogenated alkanes) is 41. The molecular formula is C76H148O17P2. The standard InChI is InChI=1S/C76H148O17P2/c1-8-10-11-40-50-57-73(78)86-63-71(92-75(80)60-53-46-39-33-27-26-30-36-43-49-56-69(7)9-2)65-90-94(82,83)88-61-70(77)62-89-95(84,85)91-66-72(64-87-74(79)58-51-44-37-31-24-21-20-23-29-35-42-48-55-68(5)6)93-76(81)59-52-45-38-32-25-19-17-15-13-12-14-16-18-22-28-34-41-47-54-67(3)4/h67-72,77H,8-66H2,1-7H3,(H,82,83)(H,84,85)/t69?,70-,71+,72+/m0/s1. The smallest absolute Gasteiger partial charge is 0.462 e. The van der Waals surface area contributed by atoms with Crippen LogP contribution in [0.25, 0.3) is 0 Å². The molecule has 0 spiro atoms. The van der Waals surface area contributed by atoms with Crippen molar-refractivity contribution in [3.8, 4) is 0 Å². The zero-order chi connectivity index (χ0) is 70.1. The quantitative estimate of drug-likeness (QED) is 0.0222. The Morgan fingerprint density at radius 1 is 0.305 bits per heavy atom. The second-order valence-corrected chi connectivity index (χ2v) is 31.5. The largest absolute Gasteiger partial charge is 0.472 e. The van der Waals surface area contributed by atoms with E-state index in [0.29, 0.717) is 25.7 Å². The summed E-state index contributed by atoms with van der Waals surface area (Å²) < 4.78 is 68.3. The number of hydrogen-bond acceptors (Lipinski definition) is 15. The molecule has 0 fully saturated rings. The molecule has 0 aliphatic carbocycles. The number of aliphatic hydroxyl groups excluding tert-OH is 1. The third kappa shape index (κ3) is 69.0. The van der Waals surface area contributed by atoms with Crippen LogP contribution in [0.15, 0.2) is 0 Å². The summed E-state index contributed by atoms with van der Waals surface area (Å²) in [6, 6.07) is 0. The van der Waals surface area contributed by atoms with Gasteiger partial charge in [-0.15, -0.1) is 0 Å². The highest BCUT2D eigenvalue weighted by atomic mass is 31.2. The van der Waals surface area contributed by atoms with Gasteiger partial charge in [0.2, 0.25) is 0 Å². The van der Waals surface area contributed by atoms with Crippen molar-refractivity contribution in [2.45, 2.75) is 407 Å². The van der Waals surface area contributed by atoms with Crippen LogP contribution < -0.4 is 0 Å². The third-order valence-electron chi connectivity index (χ3n) is 18.0. The van der Waals surface area contributed by atoms with Crippen LogP contribution in [0.3, 0.4) is 0 Å². The molecule has 0 radical (unpaired) electrons. The molecule has 0 aliphatic heterocycles. The molecule has 3 N–H and O–H groups in total. The van der Waals surface area contributed by atoms with Crippen molar-refractivity contribution >= 4 is 39.5 Å². The van der Waals surface area contributed by atoms with Gasteiger partial charge in [0.1, 0.15) is 19.3 Å². The van der Waals surface area contributed by atoms with E-state index in [0.717, 1.165) is 114 Å². The van der Waals surface area contributed by atoms with Gasteiger partial charge in [0.05, 0.1) is 26.4 Å². The van der Waals surface area contributed by atoms with Crippen molar-refractivity contribution in [1.29, 1.82) is 0 Å². The second-order valence-electron chi connectivity index (χ2n) is 28.6. The second kappa shape index (κ2) is 66.6. The molecule has 0 saturated carbocycles. The van der Waals surface area contributed by atoms with E-state index in [1.165, 1.54) is 193 Å². The molecule has 0 aromatic rings. The van der Waals surface area contributed by atoms with Gasteiger partial charge in [-0.05, 0) is 43.4 Å². The maximum Gasteiger partial charge on any atom is 0.472 e. The minimum absolute atomic E-state index is 0.105. The lowest BCUT2D eigenvalue weighted by Gasteiger charge is -2.21. The van der Waals surface area contributed by atoms with E-state index in [1.807, 2.05) is 0 Å². The lowest BCUT2D eigenvalue weighted by Crippen LogP contribution is -2.30.